The van der Waals surface area contributed by atoms with Gasteiger partial charge in [0.15, 0.2) is 0 Å². The van der Waals surface area contributed by atoms with Crippen LogP contribution in [0.25, 0.3) is 0 Å². The molecule has 0 aliphatic heterocycles. The number of hydrogen-bond donors (Lipinski definition) is 1. The largest absolute Gasteiger partial charge is 0.352 e. The summed E-state index contributed by atoms with van der Waals surface area (Å²) in [5, 5.41) is 4.08. The molecule has 1 atom stereocenters. The van der Waals surface area contributed by atoms with Crippen molar-refractivity contribution >= 4 is 50.7 Å². The molecule has 1 fully saturated rings. The smallest absolute Gasteiger partial charge is 0.244 e. The van der Waals surface area contributed by atoms with E-state index in [4.69, 9.17) is 23.2 Å². The lowest BCUT2D eigenvalue weighted by molar-refractivity contribution is -0.140. The van der Waals surface area contributed by atoms with Crippen LogP contribution in [0.2, 0.25) is 10.0 Å². The molecule has 0 radical (unpaired) electrons. The van der Waals surface area contributed by atoms with Gasteiger partial charge in [-0.1, -0.05) is 91.0 Å². The van der Waals surface area contributed by atoms with E-state index < -0.39 is 28.5 Å². The predicted molar refractivity (Wildman–Crippen MR) is 165 cm³/mol. The van der Waals surface area contributed by atoms with Crippen molar-refractivity contribution in [3.05, 3.63) is 100 Å². The van der Waals surface area contributed by atoms with Gasteiger partial charge in [0.05, 0.1) is 11.9 Å². The zero-order valence-electron chi connectivity index (χ0n) is 23.0. The molecule has 0 saturated heterocycles. The molecule has 41 heavy (non-hydrogen) atoms. The average molecular weight is 617 g/mol. The number of carbonyl (C=O) groups is 2. The molecule has 0 bridgehead atoms. The maximum Gasteiger partial charge on any atom is 0.244 e. The maximum absolute atomic E-state index is 14.1. The van der Waals surface area contributed by atoms with Gasteiger partial charge in [0.25, 0.3) is 0 Å². The Labute approximate surface area is 252 Å². The first kappa shape index (κ1) is 30.9. The summed E-state index contributed by atoms with van der Waals surface area (Å²) in [5.74, 6) is -0.762. The molecule has 1 N–H and O–H groups in total. The third-order valence-corrected chi connectivity index (χ3v) is 8.89. The molecule has 0 heterocycles. The van der Waals surface area contributed by atoms with Crippen LogP contribution >= 0.6 is 23.2 Å². The Morgan fingerprint density at radius 1 is 0.878 bits per heavy atom. The fourth-order valence-electron chi connectivity index (χ4n) is 5.13. The van der Waals surface area contributed by atoms with E-state index in [1.807, 2.05) is 30.3 Å². The molecule has 7 nitrogen and oxygen atoms in total. The second-order valence-electron chi connectivity index (χ2n) is 10.4. The fraction of sp³-hybridized carbons (Fsp3) is 0.355. The minimum absolute atomic E-state index is 0.0426. The van der Waals surface area contributed by atoms with E-state index in [0.29, 0.717) is 10.0 Å². The topological polar surface area (TPSA) is 86.8 Å². The van der Waals surface area contributed by atoms with Crippen LogP contribution in [-0.4, -0.2) is 50.0 Å². The summed E-state index contributed by atoms with van der Waals surface area (Å²) in [5.41, 5.74) is 1.92. The Morgan fingerprint density at radius 3 is 2.20 bits per heavy atom. The van der Waals surface area contributed by atoms with Crippen LogP contribution in [0.1, 0.15) is 43.2 Å². The van der Waals surface area contributed by atoms with Crippen LogP contribution in [0.3, 0.4) is 0 Å². The maximum atomic E-state index is 14.1. The molecule has 1 saturated carbocycles. The Bertz CT molecular complexity index is 1430. The number of amides is 2. The molecule has 4 rings (SSSR count). The summed E-state index contributed by atoms with van der Waals surface area (Å²) in [6.45, 7) is -0.395. The lowest BCUT2D eigenvalue weighted by Crippen LogP contribution is -2.55. The summed E-state index contributed by atoms with van der Waals surface area (Å²) in [6.07, 6.45) is 6.34. The lowest BCUT2D eigenvalue weighted by Gasteiger charge is -2.35. The molecule has 3 aromatic carbocycles. The highest BCUT2D eigenvalue weighted by Gasteiger charge is 2.34. The number of nitrogens with zero attached hydrogens (tertiary/aromatic N) is 2. The molecule has 0 aromatic heterocycles. The van der Waals surface area contributed by atoms with E-state index >= 15 is 0 Å². The first-order valence-electron chi connectivity index (χ1n) is 13.7. The number of hydrogen-bond acceptors (Lipinski definition) is 4. The zero-order chi connectivity index (χ0) is 29.4. The highest BCUT2D eigenvalue weighted by molar-refractivity contribution is 7.92. The molecule has 1 aliphatic carbocycles. The van der Waals surface area contributed by atoms with Crippen molar-refractivity contribution in [2.45, 2.75) is 57.2 Å². The van der Waals surface area contributed by atoms with Crippen LogP contribution in [0.4, 0.5) is 5.69 Å². The molecule has 0 unspecified atom stereocenters. The van der Waals surface area contributed by atoms with Gasteiger partial charge in [0.1, 0.15) is 12.6 Å². The second-order valence-corrected chi connectivity index (χ2v) is 13.2. The van der Waals surface area contributed by atoms with Crippen LogP contribution in [0.5, 0.6) is 0 Å². The highest BCUT2D eigenvalue weighted by atomic mass is 35.5. The van der Waals surface area contributed by atoms with Gasteiger partial charge in [-0.3, -0.25) is 13.9 Å². The normalized spacial score (nSPS) is 14.7. The van der Waals surface area contributed by atoms with E-state index in [0.717, 1.165) is 53.8 Å². The van der Waals surface area contributed by atoms with E-state index in [9.17, 15) is 18.0 Å². The number of carbonyl (C=O) groups excluding carboxylic acids is 2. The standard InChI is InChI=1S/C31H35Cl2N3O4S/c1-41(39,40)36(28-14-8-11-26(33)20-28)22-30(37)35(21-24-15-17-25(32)18-16-24)29(19-23-9-4-2-5-10-23)31(38)34-27-12-6-3-7-13-27/h2,4-5,8-11,14-18,20,27,29H,3,6-7,12-13,19,21-22H2,1H3,(H,34,38)/t29-/m0/s1. The Kier molecular flexibility index (Phi) is 10.7. The van der Waals surface area contributed by atoms with Crippen molar-refractivity contribution in [2.24, 2.45) is 0 Å². The number of rotatable bonds is 11. The summed E-state index contributed by atoms with van der Waals surface area (Å²) in [7, 11) is -3.86. The Hall–Kier alpha value is -3.07. The monoisotopic (exact) mass is 615 g/mol. The molecule has 2 amide bonds. The van der Waals surface area contributed by atoms with Crippen LogP contribution in [-0.2, 0) is 32.6 Å². The Balaban J connectivity index is 1.71. The number of sulfonamides is 1. The van der Waals surface area contributed by atoms with Gasteiger partial charge in [-0.2, -0.15) is 0 Å². The molecule has 10 heteroatoms. The number of benzene rings is 3. The van der Waals surface area contributed by atoms with Crippen LogP contribution < -0.4 is 9.62 Å². The van der Waals surface area contributed by atoms with Crippen LogP contribution in [0, 0.1) is 0 Å². The van der Waals surface area contributed by atoms with Crippen molar-refractivity contribution < 1.29 is 18.0 Å². The fourth-order valence-corrected chi connectivity index (χ4v) is 6.28. The minimum Gasteiger partial charge on any atom is -0.352 e. The second kappa shape index (κ2) is 14.2. The average Bonchev–Trinajstić information content (AvgIpc) is 2.95. The molecular formula is C31H35Cl2N3O4S. The van der Waals surface area contributed by atoms with Crippen molar-refractivity contribution in [3.63, 3.8) is 0 Å². The molecule has 218 valence electrons. The van der Waals surface area contributed by atoms with Crippen molar-refractivity contribution in [2.75, 3.05) is 17.1 Å². The van der Waals surface area contributed by atoms with Gasteiger partial charge in [0, 0.05) is 29.1 Å². The summed E-state index contributed by atoms with van der Waals surface area (Å²) >= 11 is 12.3. The van der Waals surface area contributed by atoms with Crippen molar-refractivity contribution in [1.29, 1.82) is 0 Å². The van der Waals surface area contributed by atoms with E-state index in [-0.39, 0.29) is 30.6 Å². The number of anilines is 1. The SMILES string of the molecule is CS(=O)(=O)N(CC(=O)N(Cc1ccc(Cl)cc1)[C@@H](Cc1ccccc1)C(=O)NC1CCCCC1)c1cccc(Cl)c1. The Morgan fingerprint density at radius 2 is 1.56 bits per heavy atom. The van der Waals surface area contributed by atoms with Gasteiger partial charge in [0.2, 0.25) is 21.8 Å². The zero-order valence-corrected chi connectivity index (χ0v) is 25.3. The molecule has 3 aromatic rings. The molecular weight excluding hydrogens is 581 g/mol. The first-order chi connectivity index (χ1) is 19.6. The van der Waals surface area contributed by atoms with Gasteiger partial charge in [-0.25, -0.2) is 8.42 Å². The quantitative estimate of drug-likeness (QED) is 0.293. The van der Waals surface area contributed by atoms with Crippen LogP contribution in [0.15, 0.2) is 78.9 Å². The molecule has 1 aliphatic rings. The lowest BCUT2D eigenvalue weighted by atomic mass is 9.94. The minimum atomic E-state index is -3.86. The summed E-state index contributed by atoms with van der Waals surface area (Å²) in [4.78, 5) is 29.6. The van der Waals surface area contributed by atoms with Gasteiger partial charge >= 0.3 is 0 Å². The van der Waals surface area contributed by atoms with Gasteiger partial charge < -0.3 is 10.2 Å². The van der Waals surface area contributed by atoms with E-state index in [1.54, 1.807) is 42.5 Å². The summed E-state index contributed by atoms with van der Waals surface area (Å²) in [6, 6.07) is 22.1. The van der Waals surface area contributed by atoms with E-state index in [2.05, 4.69) is 5.32 Å². The van der Waals surface area contributed by atoms with E-state index in [1.165, 1.54) is 11.0 Å². The van der Waals surface area contributed by atoms with Crippen molar-refractivity contribution in [1.82, 2.24) is 10.2 Å². The first-order valence-corrected chi connectivity index (χ1v) is 16.3. The number of halogens is 2. The highest BCUT2D eigenvalue weighted by Crippen LogP contribution is 2.24. The third kappa shape index (κ3) is 8.96. The van der Waals surface area contributed by atoms with Gasteiger partial charge in [-0.05, 0) is 54.3 Å². The van der Waals surface area contributed by atoms with Crippen molar-refractivity contribution in [3.8, 4) is 0 Å². The van der Waals surface area contributed by atoms with Gasteiger partial charge in [-0.15, -0.1) is 0 Å². The molecule has 0 spiro atoms. The summed E-state index contributed by atoms with van der Waals surface area (Å²) < 4.78 is 26.8. The third-order valence-electron chi connectivity index (χ3n) is 7.26. The number of nitrogens with one attached hydrogen (secondary N) is 1. The predicted octanol–water partition coefficient (Wildman–Crippen LogP) is 5.85.